The molecule has 21 heavy (non-hydrogen) atoms. The summed E-state index contributed by atoms with van der Waals surface area (Å²) in [4.78, 5) is 13.9. The zero-order chi connectivity index (χ0) is 14.4. The zero-order valence-electron chi connectivity index (χ0n) is 11.7. The van der Waals surface area contributed by atoms with Gasteiger partial charge in [0.1, 0.15) is 5.75 Å². The molecule has 1 unspecified atom stereocenters. The maximum Gasteiger partial charge on any atom is 0.415 e. The molecule has 0 fully saturated rings. The maximum atomic E-state index is 12.2. The van der Waals surface area contributed by atoms with E-state index < -0.39 is 0 Å². The molecule has 2 aromatic carbocycles. The van der Waals surface area contributed by atoms with Crippen LogP contribution < -0.4 is 9.64 Å². The van der Waals surface area contributed by atoms with Crippen LogP contribution in [0.3, 0.4) is 0 Å². The molecule has 0 N–H and O–H groups in total. The molecule has 0 bridgehead atoms. The summed E-state index contributed by atoms with van der Waals surface area (Å²) in [5.74, 6) is 0.792. The number of carbonyl (C=O) groups excluding carboxylic acids is 1. The van der Waals surface area contributed by atoms with Crippen molar-refractivity contribution in [3.05, 3.63) is 59.2 Å². The quantitative estimate of drug-likeness (QED) is 0.847. The molecular weight excluding hydrogens is 266 g/mol. The molecule has 1 atom stereocenters. The van der Waals surface area contributed by atoms with Crippen LogP contribution in [0.25, 0.3) is 0 Å². The van der Waals surface area contributed by atoms with Gasteiger partial charge in [0.15, 0.2) is 6.10 Å². The van der Waals surface area contributed by atoms with Crippen LogP contribution in [-0.4, -0.2) is 19.7 Å². The summed E-state index contributed by atoms with van der Waals surface area (Å²) in [5.41, 5.74) is 4.29. The van der Waals surface area contributed by atoms with Crippen molar-refractivity contribution in [3.8, 4) is 5.75 Å². The predicted octanol–water partition coefficient (Wildman–Crippen LogP) is 3.30. The molecule has 0 spiro atoms. The largest absolute Gasteiger partial charge is 0.497 e. The number of carbonyl (C=O) groups is 1. The van der Waals surface area contributed by atoms with Gasteiger partial charge in [0.25, 0.3) is 0 Å². The number of hydrogen-bond donors (Lipinski definition) is 0. The van der Waals surface area contributed by atoms with Gasteiger partial charge in [-0.25, -0.2) is 4.79 Å². The Labute approximate surface area is 122 Å². The Balaban J connectivity index is 1.82. The monoisotopic (exact) mass is 281 g/mol. The summed E-state index contributed by atoms with van der Waals surface area (Å²) in [7, 11) is 1.64. The van der Waals surface area contributed by atoms with Crippen LogP contribution in [0, 0.1) is 0 Å². The molecule has 0 saturated carbocycles. The van der Waals surface area contributed by atoms with Gasteiger partial charge >= 0.3 is 6.09 Å². The van der Waals surface area contributed by atoms with Gasteiger partial charge in [-0.15, -0.1) is 0 Å². The smallest absolute Gasteiger partial charge is 0.415 e. The Morgan fingerprint density at radius 1 is 1.19 bits per heavy atom. The first kappa shape index (κ1) is 12.3. The summed E-state index contributed by atoms with van der Waals surface area (Å²) in [6.07, 6.45) is 0.300. The highest BCUT2D eigenvalue weighted by atomic mass is 16.6. The molecule has 0 aliphatic carbocycles. The van der Waals surface area contributed by atoms with Crippen molar-refractivity contribution in [1.29, 1.82) is 0 Å². The van der Waals surface area contributed by atoms with E-state index in [4.69, 9.17) is 9.47 Å². The summed E-state index contributed by atoms with van der Waals surface area (Å²) >= 11 is 0. The number of cyclic esters (lactones) is 1. The normalized spacial score (nSPS) is 19.2. The predicted molar refractivity (Wildman–Crippen MR) is 78.8 cm³/mol. The number of methoxy groups -OCH3 is 1. The van der Waals surface area contributed by atoms with Crippen molar-refractivity contribution in [2.75, 3.05) is 18.6 Å². The number of rotatable bonds is 2. The first-order valence-electron chi connectivity index (χ1n) is 7.02. The highest BCUT2D eigenvalue weighted by molar-refractivity contribution is 5.94. The Hall–Kier alpha value is -2.49. The van der Waals surface area contributed by atoms with Crippen molar-refractivity contribution in [3.63, 3.8) is 0 Å². The lowest BCUT2D eigenvalue weighted by atomic mass is 9.96. The van der Waals surface area contributed by atoms with Crippen LogP contribution in [0.2, 0.25) is 0 Å². The second-order valence-electron chi connectivity index (χ2n) is 5.29. The number of anilines is 1. The Bertz CT molecular complexity index is 708. The van der Waals surface area contributed by atoms with Gasteiger partial charge in [-0.1, -0.05) is 30.3 Å². The standard InChI is InChI=1S/C17H15NO3/c1-20-13-7-5-12(6-8-13)16-14-4-2-3-11-9-10-18(15(11)14)17(19)21-16/h2-8,16H,9-10H2,1H3. The second-order valence-corrected chi connectivity index (χ2v) is 5.29. The molecule has 2 aliphatic rings. The molecule has 0 aromatic heterocycles. The number of ether oxygens (including phenoxy) is 2. The van der Waals surface area contributed by atoms with Gasteiger partial charge in [-0.05, 0) is 29.7 Å². The summed E-state index contributed by atoms with van der Waals surface area (Å²) in [6, 6.07) is 13.8. The molecule has 2 aliphatic heterocycles. The number of para-hydroxylation sites is 1. The van der Waals surface area contributed by atoms with Crippen LogP contribution in [0.1, 0.15) is 22.8 Å². The summed E-state index contributed by atoms with van der Waals surface area (Å²) in [5, 5.41) is 0. The number of hydrogen-bond acceptors (Lipinski definition) is 3. The minimum Gasteiger partial charge on any atom is -0.497 e. The van der Waals surface area contributed by atoms with Crippen molar-refractivity contribution < 1.29 is 14.3 Å². The van der Waals surface area contributed by atoms with Crippen molar-refractivity contribution in [2.24, 2.45) is 0 Å². The molecule has 4 nitrogen and oxygen atoms in total. The second kappa shape index (κ2) is 4.52. The molecule has 0 radical (unpaired) electrons. The molecule has 4 rings (SSSR count). The molecular formula is C17H15NO3. The first-order valence-corrected chi connectivity index (χ1v) is 7.02. The van der Waals surface area contributed by atoms with Gasteiger partial charge in [0.05, 0.1) is 12.8 Å². The number of amides is 1. The molecule has 0 saturated heterocycles. The van der Waals surface area contributed by atoms with Crippen LogP contribution >= 0.6 is 0 Å². The van der Waals surface area contributed by atoms with E-state index in [2.05, 4.69) is 6.07 Å². The molecule has 2 heterocycles. The minimum atomic E-state index is -0.340. The van der Waals surface area contributed by atoms with Gasteiger partial charge in [-0.3, -0.25) is 4.90 Å². The summed E-state index contributed by atoms with van der Waals surface area (Å²) in [6.45, 7) is 0.709. The SMILES string of the molecule is COc1ccc(C2OC(=O)N3CCc4cccc2c43)cc1. The van der Waals surface area contributed by atoms with Crippen LogP contribution in [-0.2, 0) is 11.2 Å². The highest BCUT2D eigenvalue weighted by Crippen LogP contribution is 2.43. The molecule has 4 heteroatoms. The average Bonchev–Trinajstić information content (AvgIpc) is 2.97. The van der Waals surface area contributed by atoms with Crippen molar-refractivity contribution in [1.82, 2.24) is 0 Å². The molecule has 1 amide bonds. The third kappa shape index (κ3) is 1.79. The fourth-order valence-corrected chi connectivity index (χ4v) is 3.13. The lowest BCUT2D eigenvalue weighted by Crippen LogP contribution is -2.35. The van der Waals surface area contributed by atoms with Crippen LogP contribution in [0.15, 0.2) is 42.5 Å². The Morgan fingerprint density at radius 2 is 2.00 bits per heavy atom. The van der Waals surface area contributed by atoms with Crippen LogP contribution in [0.4, 0.5) is 10.5 Å². The number of nitrogens with zero attached hydrogens (tertiary/aromatic N) is 1. The van der Waals surface area contributed by atoms with Crippen molar-refractivity contribution >= 4 is 11.8 Å². The first-order chi connectivity index (χ1) is 10.3. The van der Waals surface area contributed by atoms with Gasteiger partial charge in [0, 0.05) is 12.1 Å². The topological polar surface area (TPSA) is 38.8 Å². The van der Waals surface area contributed by atoms with Gasteiger partial charge in [0.2, 0.25) is 0 Å². The average molecular weight is 281 g/mol. The van der Waals surface area contributed by atoms with Crippen LogP contribution in [0.5, 0.6) is 5.75 Å². The van der Waals surface area contributed by atoms with E-state index in [1.54, 1.807) is 12.0 Å². The lowest BCUT2D eigenvalue weighted by Gasteiger charge is -2.31. The third-order valence-electron chi connectivity index (χ3n) is 4.17. The lowest BCUT2D eigenvalue weighted by molar-refractivity contribution is 0.118. The molecule has 2 aromatic rings. The number of benzene rings is 2. The maximum absolute atomic E-state index is 12.2. The molecule has 106 valence electrons. The zero-order valence-corrected chi connectivity index (χ0v) is 11.7. The van der Waals surface area contributed by atoms with E-state index in [0.29, 0.717) is 6.54 Å². The summed E-state index contributed by atoms with van der Waals surface area (Å²) < 4.78 is 10.8. The van der Waals surface area contributed by atoms with E-state index in [-0.39, 0.29) is 12.2 Å². The Morgan fingerprint density at radius 3 is 2.76 bits per heavy atom. The van der Waals surface area contributed by atoms with E-state index >= 15 is 0 Å². The minimum absolute atomic E-state index is 0.256. The van der Waals surface area contributed by atoms with Gasteiger partial charge < -0.3 is 9.47 Å². The van der Waals surface area contributed by atoms with E-state index in [9.17, 15) is 4.79 Å². The fourth-order valence-electron chi connectivity index (χ4n) is 3.13. The van der Waals surface area contributed by atoms with Crippen molar-refractivity contribution in [2.45, 2.75) is 12.5 Å². The highest BCUT2D eigenvalue weighted by Gasteiger charge is 2.37. The Kier molecular flexibility index (Phi) is 2.64. The third-order valence-corrected chi connectivity index (χ3v) is 4.17. The van der Waals surface area contributed by atoms with E-state index in [0.717, 1.165) is 29.0 Å². The van der Waals surface area contributed by atoms with Gasteiger partial charge in [-0.2, -0.15) is 0 Å². The van der Waals surface area contributed by atoms with E-state index in [1.165, 1.54) is 5.56 Å². The fraction of sp³-hybridized carbons (Fsp3) is 0.235. The van der Waals surface area contributed by atoms with E-state index in [1.807, 2.05) is 36.4 Å².